The SMILES string of the molecule is C=C(C(=O)C(C)(C)O)C(Cc1cccc(-c2ccccc2)c1F)C(CCC)NSCC. The number of hydrogen-bond donors (Lipinski definition) is 2. The Hall–Kier alpha value is -1.95. The van der Waals surface area contributed by atoms with Gasteiger partial charge in [0.2, 0.25) is 0 Å². The Balaban J connectivity index is 2.45. The Labute approximate surface area is 190 Å². The molecule has 0 saturated carbocycles. The molecule has 2 rings (SSSR count). The van der Waals surface area contributed by atoms with Crippen LogP contribution in [0, 0.1) is 11.7 Å². The van der Waals surface area contributed by atoms with Gasteiger partial charge in [-0.1, -0.05) is 87.3 Å². The molecule has 0 radical (unpaired) electrons. The molecule has 0 bridgehead atoms. The highest BCUT2D eigenvalue weighted by atomic mass is 32.2. The number of carbonyl (C=O) groups is 1. The van der Waals surface area contributed by atoms with E-state index in [1.807, 2.05) is 36.4 Å². The molecule has 5 heteroatoms. The molecule has 2 N–H and O–H groups in total. The van der Waals surface area contributed by atoms with Gasteiger partial charge in [-0.05, 0) is 43.4 Å². The first-order chi connectivity index (χ1) is 14.7. The van der Waals surface area contributed by atoms with Crippen LogP contribution in [0.1, 0.15) is 46.1 Å². The molecule has 0 aliphatic carbocycles. The third-order valence-electron chi connectivity index (χ3n) is 5.36. The van der Waals surface area contributed by atoms with E-state index in [2.05, 4.69) is 25.1 Å². The van der Waals surface area contributed by atoms with Crippen molar-refractivity contribution < 1.29 is 14.3 Å². The molecule has 0 aliphatic rings. The minimum absolute atomic E-state index is 0.0615. The zero-order chi connectivity index (χ0) is 23.0. The maximum Gasteiger partial charge on any atom is 0.189 e. The zero-order valence-electron chi connectivity index (χ0n) is 19.0. The van der Waals surface area contributed by atoms with E-state index in [1.165, 1.54) is 13.8 Å². The summed E-state index contributed by atoms with van der Waals surface area (Å²) in [5.41, 5.74) is 0.711. The minimum atomic E-state index is -1.52. The predicted octanol–water partition coefficient (Wildman–Crippen LogP) is 5.97. The number of halogens is 1. The summed E-state index contributed by atoms with van der Waals surface area (Å²) >= 11 is 1.58. The van der Waals surface area contributed by atoms with Crippen molar-refractivity contribution in [3.63, 3.8) is 0 Å². The van der Waals surface area contributed by atoms with Crippen molar-refractivity contribution in [1.82, 2.24) is 4.72 Å². The normalized spacial score (nSPS) is 13.6. The van der Waals surface area contributed by atoms with Crippen molar-refractivity contribution in [2.24, 2.45) is 5.92 Å². The summed E-state index contributed by atoms with van der Waals surface area (Å²) in [5.74, 6) is -0.142. The van der Waals surface area contributed by atoms with Crippen molar-refractivity contribution in [3.8, 4) is 11.1 Å². The van der Waals surface area contributed by atoms with Crippen molar-refractivity contribution >= 4 is 17.7 Å². The average Bonchev–Trinajstić information content (AvgIpc) is 2.75. The maximum absolute atomic E-state index is 15.5. The number of ketones is 1. The molecule has 31 heavy (non-hydrogen) atoms. The van der Waals surface area contributed by atoms with Gasteiger partial charge in [-0.25, -0.2) is 4.39 Å². The number of nitrogens with one attached hydrogen (secondary N) is 1. The topological polar surface area (TPSA) is 49.3 Å². The second kappa shape index (κ2) is 11.6. The molecule has 0 spiro atoms. The lowest BCUT2D eigenvalue weighted by molar-refractivity contribution is -0.130. The predicted molar refractivity (Wildman–Crippen MR) is 129 cm³/mol. The van der Waals surface area contributed by atoms with Crippen LogP contribution in [-0.4, -0.2) is 28.3 Å². The number of hydrogen-bond acceptors (Lipinski definition) is 4. The molecule has 168 valence electrons. The molecule has 0 fully saturated rings. The molecule has 0 aromatic heterocycles. The lowest BCUT2D eigenvalue weighted by Crippen LogP contribution is -2.41. The Kier molecular flexibility index (Phi) is 9.48. The summed E-state index contributed by atoms with van der Waals surface area (Å²) in [7, 11) is 0. The van der Waals surface area contributed by atoms with Crippen LogP contribution in [0.2, 0.25) is 0 Å². The molecular weight excluding hydrogens is 409 g/mol. The van der Waals surface area contributed by atoms with Crippen LogP contribution >= 0.6 is 11.9 Å². The van der Waals surface area contributed by atoms with Gasteiger partial charge in [-0.15, -0.1) is 0 Å². The van der Waals surface area contributed by atoms with Crippen LogP contribution in [0.5, 0.6) is 0 Å². The largest absolute Gasteiger partial charge is 0.382 e. The van der Waals surface area contributed by atoms with Gasteiger partial charge < -0.3 is 5.11 Å². The Bertz CT molecular complexity index is 877. The monoisotopic (exact) mass is 443 g/mol. The lowest BCUT2D eigenvalue weighted by atomic mass is 9.79. The van der Waals surface area contributed by atoms with Gasteiger partial charge in [0.1, 0.15) is 11.4 Å². The molecule has 0 heterocycles. The van der Waals surface area contributed by atoms with E-state index in [0.29, 0.717) is 23.1 Å². The highest BCUT2D eigenvalue weighted by molar-refractivity contribution is 7.97. The molecule has 2 aromatic carbocycles. The average molecular weight is 444 g/mol. The van der Waals surface area contributed by atoms with Gasteiger partial charge in [0, 0.05) is 23.3 Å². The summed E-state index contributed by atoms with van der Waals surface area (Å²) in [4.78, 5) is 12.9. The van der Waals surface area contributed by atoms with Gasteiger partial charge in [-0.3, -0.25) is 9.52 Å². The second-order valence-electron chi connectivity index (χ2n) is 8.31. The third kappa shape index (κ3) is 6.76. The van der Waals surface area contributed by atoms with E-state index in [0.717, 1.165) is 24.2 Å². The second-order valence-corrected chi connectivity index (χ2v) is 9.42. The number of aliphatic hydroxyl groups is 1. The first-order valence-corrected chi connectivity index (χ1v) is 11.8. The summed E-state index contributed by atoms with van der Waals surface area (Å²) in [6, 6.07) is 14.8. The van der Waals surface area contributed by atoms with E-state index in [1.54, 1.807) is 24.1 Å². The molecule has 2 atom stereocenters. The Morgan fingerprint density at radius 2 is 1.84 bits per heavy atom. The van der Waals surface area contributed by atoms with Crippen LogP contribution < -0.4 is 4.72 Å². The van der Waals surface area contributed by atoms with Crippen molar-refractivity contribution in [3.05, 3.63) is 72.1 Å². The molecule has 2 unspecified atom stereocenters. The fourth-order valence-corrected chi connectivity index (χ4v) is 4.39. The molecule has 0 amide bonds. The maximum atomic E-state index is 15.5. The Morgan fingerprint density at radius 1 is 1.16 bits per heavy atom. The van der Waals surface area contributed by atoms with Crippen molar-refractivity contribution in [2.45, 2.75) is 58.6 Å². The number of rotatable bonds is 12. The summed E-state index contributed by atoms with van der Waals surface area (Å²) < 4.78 is 19.0. The van der Waals surface area contributed by atoms with Crippen molar-refractivity contribution in [1.29, 1.82) is 0 Å². The number of Topliss-reactive ketones (excluding diaryl/α,β-unsaturated/α-hetero) is 1. The van der Waals surface area contributed by atoms with Crippen LogP contribution in [0.15, 0.2) is 60.7 Å². The van der Waals surface area contributed by atoms with E-state index >= 15 is 4.39 Å². The van der Waals surface area contributed by atoms with E-state index in [4.69, 9.17) is 0 Å². The molecule has 0 saturated heterocycles. The fourth-order valence-electron chi connectivity index (χ4n) is 3.73. The highest BCUT2D eigenvalue weighted by Gasteiger charge is 2.34. The van der Waals surface area contributed by atoms with Crippen LogP contribution in [-0.2, 0) is 11.2 Å². The van der Waals surface area contributed by atoms with Gasteiger partial charge in [0.15, 0.2) is 5.78 Å². The van der Waals surface area contributed by atoms with Crippen LogP contribution in [0.25, 0.3) is 11.1 Å². The first-order valence-electron chi connectivity index (χ1n) is 10.9. The van der Waals surface area contributed by atoms with E-state index in [-0.39, 0.29) is 17.8 Å². The Morgan fingerprint density at radius 3 is 2.42 bits per heavy atom. The van der Waals surface area contributed by atoms with Gasteiger partial charge in [0.05, 0.1) is 0 Å². The van der Waals surface area contributed by atoms with Gasteiger partial charge in [0.25, 0.3) is 0 Å². The molecule has 2 aromatic rings. The van der Waals surface area contributed by atoms with E-state index < -0.39 is 11.4 Å². The molecule has 3 nitrogen and oxygen atoms in total. The third-order valence-corrected chi connectivity index (χ3v) is 6.12. The van der Waals surface area contributed by atoms with Gasteiger partial charge >= 0.3 is 0 Å². The summed E-state index contributed by atoms with van der Waals surface area (Å²) in [6.07, 6.45) is 2.06. The highest BCUT2D eigenvalue weighted by Crippen LogP contribution is 2.31. The van der Waals surface area contributed by atoms with E-state index in [9.17, 15) is 9.90 Å². The summed E-state index contributed by atoms with van der Waals surface area (Å²) in [5, 5.41) is 10.3. The van der Waals surface area contributed by atoms with Crippen molar-refractivity contribution in [2.75, 3.05) is 5.75 Å². The number of benzene rings is 2. The fraction of sp³-hybridized carbons (Fsp3) is 0.423. The van der Waals surface area contributed by atoms with Crippen LogP contribution in [0.4, 0.5) is 4.39 Å². The smallest absolute Gasteiger partial charge is 0.189 e. The van der Waals surface area contributed by atoms with Crippen LogP contribution in [0.3, 0.4) is 0 Å². The number of carbonyl (C=O) groups excluding carboxylic acids is 1. The standard InChI is InChI=1S/C26H34FNO2S/c1-6-12-23(28-31-7-2)22(18(3)25(29)26(4,5)30)17-20-15-11-16-21(24(20)27)19-13-9-8-10-14-19/h8-11,13-16,22-23,28,30H,3,6-7,12,17H2,1-2,4-5H3. The summed E-state index contributed by atoms with van der Waals surface area (Å²) in [6.45, 7) is 11.1. The minimum Gasteiger partial charge on any atom is -0.382 e. The molecule has 0 aliphatic heterocycles. The first kappa shape index (κ1) is 25.3. The molecular formula is C26H34FNO2S. The zero-order valence-corrected chi connectivity index (χ0v) is 19.8. The van der Waals surface area contributed by atoms with Gasteiger partial charge in [-0.2, -0.15) is 0 Å². The lowest BCUT2D eigenvalue weighted by Gasteiger charge is -2.31. The quantitative estimate of drug-likeness (QED) is 0.313.